The molecule has 2 atom stereocenters. The number of oxime groups is 1. The molecule has 9 heteroatoms. The zero-order valence-electron chi connectivity index (χ0n) is 18.0. The van der Waals surface area contributed by atoms with Crippen molar-refractivity contribution in [1.82, 2.24) is 0 Å². The number of hydrogen-bond acceptors (Lipinski definition) is 5. The number of nitrogens with one attached hydrogen (secondary N) is 1. The van der Waals surface area contributed by atoms with Crippen LogP contribution in [0.4, 0.5) is 5.69 Å². The number of nitrogens with zero attached hydrogens (tertiary/aromatic N) is 1. The molecule has 2 unspecified atom stereocenters. The van der Waals surface area contributed by atoms with E-state index in [2.05, 4.69) is 10.5 Å². The molecule has 1 aliphatic heterocycles. The fourth-order valence-electron chi connectivity index (χ4n) is 3.51. The first-order chi connectivity index (χ1) is 16.3. The lowest BCUT2D eigenvalue weighted by atomic mass is 9.94. The molecule has 0 spiro atoms. The quantitative estimate of drug-likeness (QED) is 0.431. The molecule has 34 heavy (non-hydrogen) atoms. The van der Waals surface area contributed by atoms with Crippen LogP contribution in [0.1, 0.15) is 33.2 Å². The lowest BCUT2D eigenvalue weighted by Gasteiger charge is -2.18. The van der Waals surface area contributed by atoms with Crippen LogP contribution in [0.2, 0.25) is 10.0 Å². The van der Waals surface area contributed by atoms with Gasteiger partial charge in [-0.3, -0.25) is 4.79 Å². The number of hydrogen-bond donors (Lipinski definition) is 2. The molecule has 4 rings (SSSR count). The van der Waals surface area contributed by atoms with Gasteiger partial charge in [0.15, 0.2) is 0 Å². The van der Waals surface area contributed by atoms with E-state index in [-0.39, 0.29) is 29.8 Å². The Balaban J connectivity index is 1.40. The molecule has 2 N–H and O–H groups in total. The van der Waals surface area contributed by atoms with Crippen molar-refractivity contribution in [1.29, 1.82) is 0 Å². The Kier molecular flexibility index (Phi) is 7.05. The summed E-state index contributed by atoms with van der Waals surface area (Å²) < 4.78 is 5.95. The summed E-state index contributed by atoms with van der Waals surface area (Å²) in [5.74, 6) is -1.10. The number of aromatic carboxylic acids is 1. The minimum absolute atomic E-state index is 0.0440. The average molecular weight is 499 g/mol. The zero-order chi connectivity index (χ0) is 24.2. The molecule has 0 saturated heterocycles. The molecule has 1 amide bonds. The number of benzene rings is 3. The van der Waals surface area contributed by atoms with E-state index in [9.17, 15) is 9.59 Å². The van der Waals surface area contributed by atoms with Crippen LogP contribution >= 0.6 is 23.2 Å². The molecule has 0 aliphatic carbocycles. The molecule has 3 aromatic rings. The van der Waals surface area contributed by atoms with Gasteiger partial charge >= 0.3 is 5.97 Å². The van der Waals surface area contributed by atoms with E-state index in [4.69, 9.17) is 37.9 Å². The number of anilines is 1. The molecular weight excluding hydrogens is 479 g/mol. The monoisotopic (exact) mass is 498 g/mol. The Morgan fingerprint density at radius 2 is 1.68 bits per heavy atom. The number of carbonyl (C=O) groups is 2. The summed E-state index contributed by atoms with van der Waals surface area (Å²) in [6.07, 6.45) is -0.220. The van der Waals surface area contributed by atoms with E-state index in [0.29, 0.717) is 32.8 Å². The largest absolute Gasteiger partial charge is 0.493 e. The van der Waals surface area contributed by atoms with E-state index < -0.39 is 11.9 Å². The number of carboxylic acids is 1. The smallest absolute Gasteiger partial charge is 0.335 e. The lowest BCUT2D eigenvalue weighted by molar-refractivity contribution is 0.0629. The van der Waals surface area contributed by atoms with E-state index in [1.807, 2.05) is 6.92 Å². The third kappa shape index (κ3) is 5.16. The molecule has 174 valence electrons. The number of carbonyl (C=O) groups excluding carboxylic acids is 1. The minimum atomic E-state index is -1.09. The van der Waals surface area contributed by atoms with Crippen LogP contribution in [0.3, 0.4) is 0 Å². The van der Waals surface area contributed by atoms with Crippen molar-refractivity contribution in [3.8, 4) is 5.75 Å². The Hall–Kier alpha value is -3.55. The van der Waals surface area contributed by atoms with Crippen LogP contribution in [-0.4, -0.2) is 35.4 Å². The van der Waals surface area contributed by atoms with Crippen molar-refractivity contribution in [3.05, 3.63) is 93.5 Å². The normalized spacial score (nSPS) is 17.0. The highest BCUT2D eigenvalue weighted by Crippen LogP contribution is 2.32. The van der Waals surface area contributed by atoms with Crippen molar-refractivity contribution in [2.75, 3.05) is 11.9 Å². The van der Waals surface area contributed by atoms with Crippen LogP contribution < -0.4 is 10.1 Å². The summed E-state index contributed by atoms with van der Waals surface area (Å²) in [7, 11) is 0. The Bertz CT molecular complexity index is 1240. The van der Waals surface area contributed by atoms with Gasteiger partial charge < -0.3 is 20.0 Å². The molecule has 1 aliphatic rings. The van der Waals surface area contributed by atoms with Crippen molar-refractivity contribution < 1.29 is 24.3 Å². The van der Waals surface area contributed by atoms with Crippen LogP contribution in [0, 0.1) is 5.92 Å². The minimum Gasteiger partial charge on any atom is -0.493 e. The van der Waals surface area contributed by atoms with Crippen LogP contribution in [0.15, 0.2) is 71.9 Å². The third-order valence-electron chi connectivity index (χ3n) is 5.37. The Morgan fingerprint density at radius 3 is 2.35 bits per heavy atom. The van der Waals surface area contributed by atoms with Crippen molar-refractivity contribution >= 4 is 46.5 Å². The van der Waals surface area contributed by atoms with Gasteiger partial charge in [0.25, 0.3) is 5.91 Å². The fourth-order valence-corrected chi connectivity index (χ4v) is 4.10. The van der Waals surface area contributed by atoms with Gasteiger partial charge in [0.2, 0.25) is 0 Å². The van der Waals surface area contributed by atoms with Crippen LogP contribution in [0.5, 0.6) is 5.75 Å². The van der Waals surface area contributed by atoms with Gasteiger partial charge in [0.05, 0.1) is 21.5 Å². The zero-order valence-corrected chi connectivity index (χ0v) is 19.5. The molecule has 0 saturated carbocycles. The number of halogens is 2. The first-order valence-electron chi connectivity index (χ1n) is 10.4. The van der Waals surface area contributed by atoms with E-state index >= 15 is 0 Å². The van der Waals surface area contributed by atoms with E-state index in [1.165, 1.54) is 18.2 Å². The summed E-state index contributed by atoms with van der Waals surface area (Å²) in [5, 5.41) is 17.0. The SMILES string of the molecule is CC1ON=C(c2c(Cl)cccc2Cl)C1COc1ccc(NC(=O)c2cccc(C(=O)O)c2)cc1. The predicted molar refractivity (Wildman–Crippen MR) is 130 cm³/mol. The molecule has 3 aromatic carbocycles. The maximum atomic E-state index is 12.5. The molecule has 7 nitrogen and oxygen atoms in total. The lowest BCUT2D eigenvalue weighted by Crippen LogP contribution is -2.28. The number of ether oxygens (including phenoxy) is 1. The highest BCUT2D eigenvalue weighted by atomic mass is 35.5. The fraction of sp³-hybridized carbons (Fsp3) is 0.160. The van der Waals surface area contributed by atoms with E-state index in [0.717, 1.165) is 0 Å². The summed E-state index contributed by atoms with van der Waals surface area (Å²) in [4.78, 5) is 29.0. The summed E-state index contributed by atoms with van der Waals surface area (Å²) in [6, 6.07) is 17.9. The summed E-state index contributed by atoms with van der Waals surface area (Å²) >= 11 is 12.7. The topological polar surface area (TPSA) is 97.2 Å². The molecular formula is C25H20Cl2N2O5. The average Bonchev–Trinajstić information content (AvgIpc) is 3.18. The molecule has 0 radical (unpaired) electrons. The van der Waals surface area contributed by atoms with Gasteiger partial charge in [-0.05, 0) is 61.5 Å². The Morgan fingerprint density at radius 1 is 1.03 bits per heavy atom. The number of carboxylic acid groups (broad SMARTS) is 1. The maximum absolute atomic E-state index is 12.5. The first-order valence-corrected chi connectivity index (χ1v) is 11.1. The maximum Gasteiger partial charge on any atom is 0.335 e. The number of rotatable bonds is 7. The van der Waals surface area contributed by atoms with Gasteiger partial charge in [-0.25, -0.2) is 4.79 Å². The third-order valence-corrected chi connectivity index (χ3v) is 6.00. The van der Waals surface area contributed by atoms with Gasteiger partial charge in [-0.1, -0.05) is 40.5 Å². The van der Waals surface area contributed by atoms with Gasteiger partial charge in [-0.15, -0.1) is 0 Å². The molecule has 0 fully saturated rings. The van der Waals surface area contributed by atoms with Gasteiger partial charge in [-0.2, -0.15) is 0 Å². The highest BCUT2D eigenvalue weighted by Gasteiger charge is 2.34. The predicted octanol–water partition coefficient (Wildman–Crippen LogP) is 5.76. The number of amides is 1. The first kappa shape index (κ1) is 23.6. The molecule has 0 bridgehead atoms. The summed E-state index contributed by atoms with van der Waals surface area (Å²) in [6.45, 7) is 2.18. The molecule has 1 heterocycles. The second-order valence-corrected chi connectivity index (χ2v) is 8.48. The second kappa shape index (κ2) is 10.2. The van der Waals surface area contributed by atoms with Crippen LogP contribution in [0.25, 0.3) is 0 Å². The standard InChI is InChI=1S/C25H20Cl2N2O5/c1-14-19(23(29-34-14)22-20(26)6-3-7-21(22)27)13-33-18-10-8-17(9-11-18)28-24(30)15-4-2-5-16(12-15)25(31)32/h2-12,14,19H,13H2,1H3,(H,28,30)(H,31,32). The van der Waals surface area contributed by atoms with Gasteiger partial charge in [0, 0.05) is 16.8 Å². The van der Waals surface area contributed by atoms with Crippen molar-refractivity contribution in [3.63, 3.8) is 0 Å². The van der Waals surface area contributed by atoms with E-state index in [1.54, 1.807) is 48.5 Å². The van der Waals surface area contributed by atoms with Gasteiger partial charge in [0.1, 0.15) is 24.2 Å². The second-order valence-electron chi connectivity index (χ2n) is 7.67. The Labute approximate surface area is 205 Å². The van der Waals surface area contributed by atoms with Crippen molar-refractivity contribution in [2.45, 2.75) is 13.0 Å². The molecule has 0 aromatic heterocycles. The van der Waals surface area contributed by atoms with Crippen LogP contribution in [-0.2, 0) is 4.84 Å². The summed E-state index contributed by atoms with van der Waals surface area (Å²) in [5.41, 5.74) is 2.10. The highest BCUT2D eigenvalue weighted by molar-refractivity contribution is 6.40. The van der Waals surface area contributed by atoms with Crippen molar-refractivity contribution in [2.24, 2.45) is 11.1 Å².